The third-order valence-electron chi connectivity index (χ3n) is 2.54. The van der Waals surface area contributed by atoms with Crippen LogP contribution in [-0.2, 0) is 11.3 Å². The number of hydrogen-bond acceptors (Lipinski definition) is 5. The number of rotatable bonds is 3. The molecule has 9 heteroatoms. The SMILES string of the molecule is O=CC(=C1NCCN1Cc1cnc(Cl)s1)C(F)(F)F. The first-order valence-electron chi connectivity index (χ1n) is 5.27. The standard InChI is InChI=1S/C10H9ClF3N3OS/c11-9-16-3-6(19-9)4-17-2-1-15-8(17)7(5-18)10(12,13)14/h3,5,15H,1-2,4H2. The Kier molecular flexibility index (Phi) is 4.00. The van der Waals surface area contributed by atoms with Crippen molar-refractivity contribution >= 4 is 29.2 Å². The monoisotopic (exact) mass is 311 g/mol. The van der Waals surface area contributed by atoms with E-state index in [2.05, 4.69) is 10.3 Å². The van der Waals surface area contributed by atoms with Gasteiger partial charge >= 0.3 is 6.18 Å². The van der Waals surface area contributed by atoms with E-state index < -0.39 is 11.7 Å². The van der Waals surface area contributed by atoms with Crippen LogP contribution in [0.1, 0.15) is 4.88 Å². The summed E-state index contributed by atoms with van der Waals surface area (Å²) in [5.41, 5.74) is -1.19. The van der Waals surface area contributed by atoms with Gasteiger partial charge in [0.25, 0.3) is 0 Å². The second-order valence-electron chi connectivity index (χ2n) is 3.81. The molecule has 2 heterocycles. The summed E-state index contributed by atoms with van der Waals surface area (Å²) < 4.78 is 38.4. The van der Waals surface area contributed by atoms with Gasteiger partial charge in [0.1, 0.15) is 11.4 Å². The molecule has 1 N–H and O–H groups in total. The van der Waals surface area contributed by atoms with Gasteiger partial charge in [-0.15, -0.1) is 11.3 Å². The average Bonchev–Trinajstić information content (AvgIpc) is 2.89. The largest absolute Gasteiger partial charge is 0.423 e. The van der Waals surface area contributed by atoms with Gasteiger partial charge in [0.05, 0.1) is 6.54 Å². The summed E-state index contributed by atoms with van der Waals surface area (Å²) >= 11 is 6.87. The van der Waals surface area contributed by atoms with Gasteiger partial charge in [-0.3, -0.25) is 4.79 Å². The van der Waals surface area contributed by atoms with Crippen molar-refractivity contribution in [3.63, 3.8) is 0 Å². The summed E-state index contributed by atoms with van der Waals surface area (Å²) in [6, 6.07) is 0. The van der Waals surface area contributed by atoms with Gasteiger partial charge < -0.3 is 10.2 Å². The average molecular weight is 312 g/mol. The summed E-state index contributed by atoms with van der Waals surface area (Å²) in [5, 5.41) is 2.60. The smallest absolute Gasteiger partial charge is 0.369 e. The maximum Gasteiger partial charge on any atom is 0.423 e. The fourth-order valence-corrected chi connectivity index (χ4v) is 2.75. The third-order valence-corrected chi connectivity index (χ3v) is 3.64. The fourth-order valence-electron chi connectivity index (χ4n) is 1.76. The van der Waals surface area contributed by atoms with Gasteiger partial charge in [0.15, 0.2) is 10.8 Å². The fraction of sp³-hybridized carbons (Fsp3) is 0.400. The van der Waals surface area contributed by atoms with Crippen molar-refractivity contribution < 1.29 is 18.0 Å². The van der Waals surface area contributed by atoms with Gasteiger partial charge in [0.2, 0.25) is 0 Å². The van der Waals surface area contributed by atoms with Crippen molar-refractivity contribution in [1.82, 2.24) is 15.2 Å². The first-order chi connectivity index (χ1) is 8.91. The van der Waals surface area contributed by atoms with Crippen molar-refractivity contribution in [2.45, 2.75) is 12.7 Å². The molecule has 0 atom stereocenters. The summed E-state index contributed by atoms with van der Waals surface area (Å²) in [4.78, 5) is 16.7. The van der Waals surface area contributed by atoms with Crippen LogP contribution < -0.4 is 5.32 Å². The predicted molar refractivity (Wildman–Crippen MR) is 64.7 cm³/mol. The second-order valence-corrected chi connectivity index (χ2v) is 5.50. The second kappa shape index (κ2) is 5.38. The number of halogens is 4. The van der Waals surface area contributed by atoms with Crippen LogP contribution >= 0.6 is 22.9 Å². The molecule has 1 aromatic rings. The lowest BCUT2D eigenvalue weighted by atomic mass is 10.2. The van der Waals surface area contributed by atoms with E-state index in [1.807, 2.05) is 0 Å². The van der Waals surface area contributed by atoms with Crippen LogP contribution in [0.25, 0.3) is 0 Å². The van der Waals surface area contributed by atoms with Crippen molar-refractivity contribution in [1.29, 1.82) is 0 Å². The number of nitrogens with zero attached hydrogens (tertiary/aromatic N) is 2. The van der Waals surface area contributed by atoms with Crippen LogP contribution in [0.4, 0.5) is 13.2 Å². The Morgan fingerprint density at radius 1 is 1.63 bits per heavy atom. The van der Waals surface area contributed by atoms with Crippen molar-refractivity contribution in [3.05, 3.63) is 26.9 Å². The number of aromatic nitrogens is 1. The van der Waals surface area contributed by atoms with E-state index >= 15 is 0 Å². The van der Waals surface area contributed by atoms with E-state index in [4.69, 9.17) is 11.6 Å². The zero-order chi connectivity index (χ0) is 14.0. The molecule has 104 valence electrons. The zero-order valence-corrected chi connectivity index (χ0v) is 11.1. The molecule has 0 aromatic carbocycles. The highest BCUT2D eigenvalue weighted by molar-refractivity contribution is 7.15. The molecule has 0 unspecified atom stereocenters. The lowest BCUT2D eigenvalue weighted by Crippen LogP contribution is -2.27. The number of alkyl halides is 3. The van der Waals surface area contributed by atoms with E-state index in [0.29, 0.717) is 17.6 Å². The maximum atomic E-state index is 12.7. The molecule has 0 aliphatic carbocycles. The lowest BCUT2D eigenvalue weighted by Gasteiger charge is -2.20. The van der Waals surface area contributed by atoms with Crippen LogP contribution in [0.15, 0.2) is 17.6 Å². The Hall–Kier alpha value is -1.28. The topological polar surface area (TPSA) is 45.2 Å². The summed E-state index contributed by atoms with van der Waals surface area (Å²) in [6.07, 6.45) is -3.32. The Morgan fingerprint density at radius 3 is 2.89 bits per heavy atom. The van der Waals surface area contributed by atoms with Crippen molar-refractivity contribution in [3.8, 4) is 0 Å². The van der Waals surface area contributed by atoms with E-state index in [-0.39, 0.29) is 18.7 Å². The molecule has 0 saturated carbocycles. The number of aldehydes is 1. The Labute approximate surface area is 115 Å². The lowest BCUT2D eigenvalue weighted by molar-refractivity contribution is -0.120. The number of carbonyl (C=O) groups excluding carboxylic acids is 1. The minimum absolute atomic E-state index is 0.166. The summed E-state index contributed by atoms with van der Waals surface area (Å²) in [6.45, 7) is 0.980. The molecule has 0 spiro atoms. The van der Waals surface area contributed by atoms with Gasteiger partial charge in [-0.1, -0.05) is 11.6 Å². The molecule has 1 aromatic heterocycles. The molecule has 2 rings (SSSR count). The molecule has 0 radical (unpaired) electrons. The predicted octanol–water partition coefficient (Wildman–Crippen LogP) is 2.17. The molecular formula is C10H9ClF3N3OS. The number of allylic oxidation sites excluding steroid dienone is 1. The number of nitrogens with one attached hydrogen (secondary N) is 1. The molecule has 1 saturated heterocycles. The number of carbonyl (C=O) groups is 1. The van der Waals surface area contributed by atoms with Crippen molar-refractivity contribution in [2.24, 2.45) is 0 Å². The van der Waals surface area contributed by atoms with Gasteiger partial charge in [0, 0.05) is 24.2 Å². The molecular weight excluding hydrogens is 303 g/mol. The minimum atomic E-state index is -4.67. The molecule has 1 aliphatic heterocycles. The van der Waals surface area contributed by atoms with E-state index in [1.165, 1.54) is 22.4 Å². The van der Waals surface area contributed by atoms with Crippen LogP contribution in [0, 0.1) is 0 Å². The Bertz CT molecular complexity index is 514. The van der Waals surface area contributed by atoms with E-state index in [1.54, 1.807) is 0 Å². The molecule has 4 nitrogen and oxygen atoms in total. The first-order valence-corrected chi connectivity index (χ1v) is 6.47. The van der Waals surface area contributed by atoms with Crippen LogP contribution in [0.3, 0.4) is 0 Å². The first kappa shape index (κ1) is 14.1. The summed E-state index contributed by atoms with van der Waals surface area (Å²) in [7, 11) is 0. The number of thiazole rings is 1. The number of hydrogen-bond donors (Lipinski definition) is 1. The van der Waals surface area contributed by atoms with Crippen LogP contribution in [-0.4, -0.2) is 35.4 Å². The molecule has 1 fully saturated rings. The highest BCUT2D eigenvalue weighted by Gasteiger charge is 2.39. The quantitative estimate of drug-likeness (QED) is 0.686. The molecule has 0 bridgehead atoms. The summed E-state index contributed by atoms with van der Waals surface area (Å²) in [5.74, 6) is -0.188. The Morgan fingerprint density at radius 2 is 2.37 bits per heavy atom. The van der Waals surface area contributed by atoms with E-state index in [9.17, 15) is 18.0 Å². The highest BCUT2D eigenvalue weighted by atomic mass is 35.5. The molecule has 0 amide bonds. The Balaban J connectivity index is 2.25. The third kappa shape index (κ3) is 3.19. The van der Waals surface area contributed by atoms with Crippen LogP contribution in [0.5, 0.6) is 0 Å². The van der Waals surface area contributed by atoms with E-state index in [0.717, 1.165) is 4.88 Å². The van der Waals surface area contributed by atoms with Gasteiger partial charge in [-0.2, -0.15) is 13.2 Å². The van der Waals surface area contributed by atoms with Gasteiger partial charge in [-0.05, 0) is 0 Å². The molecule has 19 heavy (non-hydrogen) atoms. The maximum absolute atomic E-state index is 12.7. The highest BCUT2D eigenvalue weighted by Crippen LogP contribution is 2.29. The normalized spacial score (nSPS) is 18.4. The van der Waals surface area contributed by atoms with Crippen LogP contribution in [0.2, 0.25) is 4.47 Å². The molecule has 1 aliphatic rings. The zero-order valence-electron chi connectivity index (χ0n) is 9.50. The minimum Gasteiger partial charge on any atom is -0.369 e. The van der Waals surface area contributed by atoms with Gasteiger partial charge in [-0.25, -0.2) is 4.98 Å². The van der Waals surface area contributed by atoms with Crippen molar-refractivity contribution in [2.75, 3.05) is 13.1 Å².